The van der Waals surface area contributed by atoms with E-state index in [4.69, 9.17) is 10.2 Å². The third kappa shape index (κ3) is 8.05. The van der Waals surface area contributed by atoms with E-state index in [9.17, 15) is 0 Å². The van der Waals surface area contributed by atoms with Crippen LogP contribution in [0.3, 0.4) is 0 Å². The fraction of sp³-hybridized carbons (Fsp3) is 1.00. The van der Waals surface area contributed by atoms with Gasteiger partial charge in [0.1, 0.15) is 0 Å². The summed E-state index contributed by atoms with van der Waals surface area (Å²) in [6, 6.07) is 0.489. The quantitative estimate of drug-likeness (QED) is 0.391. The molecule has 0 aromatic carbocycles. The van der Waals surface area contributed by atoms with Gasteiger partial charge >= 0.3 is 0 Å². The standard InChI is InChI=1S/C12H28N2O2/c1-3-11(9-15)13-7-5-6-8-14-12(4-2)10-16/h11-16H,3-10H2,1-2H3. The van der Waals surface area contributed by atoms with Crippen molar-refractivity contribution in [3.05, 3.63) is 0 Å². The van der Waals surface area contributed by atoms with E-state index in [1.807, 2.05) is 0 Å². The Kier molecular flexibility index (Phi) is 11.2. The predicted octanol–water partition coefficient (Wildman–Crippen LogP) is 0.488. The van der Waals surface area contributed by atoms with Crippen molar-refractivity contribution in [3.63, 3.8) is 0 Å². The largest absolute Gasteiger partial charge is 0.395 e. The second-order valence-corrected chi connectivity index (χ2v) is 4.19. The van der Waals surface area contributed by atoms with E-state index >= 15 is 0 Å². The number of hydrogen-bond acceptors (Lipinski definition) is 4. The summed E-state index contributed by atoms with van der Waals surface area (Å²) in [4.78, 5) is 0. The zero-order valence-corrected chi connectivity index (χ0v) is 10.7. The van der Waals surface area contributed by atoms with Crippen LogP contribution >= 0.6 is 0 Å². The SMILES string of the molecule is CCC(CO)NCCCCNC(CC)CO. The van der Waals surface area contributed by atoms with Crippen LogP contribution in [0.1, 0.15) is 39.5 Å². The van der Waals surface area contributed by atoms with Crippen LogP contribution < -0.4 is 10.6 Å². The van der Waals surface area contributed by atoms with Gasteiger partial charge in [-0.3, -0.25) is 0 Å². The fourth-order valence-corrected chi connectivity index (χ4v) is 1.54. The molecule has 98 valence electrons. The van der Waals surface area contributed by atoms with E-state index in [1.54, 1.807) is 0 Å². The first-order valence-electron chi connectivity index (χ1n) is 6.46. The van der Waals surface area contributed by atoms with Crippen molar-refractivity contribution in [2.24, 2.45) is 0 Å². The molecule has 2 atom stereocenters. The highest BCUT2D eigenvalue weighted by Gasteiger charge is 2.03. The maximum Gasteiger partial charge on any atom is 0.0584 e. The van der Waals surface area contributed by atoms with Crippen molar-refractivity contribution in [2.45, 2.75) is 51.6 Å². The van der Waals surface area contributed by atoms with Crippen LogP contribution in [0, 0.1) is 0 Å². The molecule has 0 aliphatic rings. The average Bonchev–Trinajstić information content (AvgIpc) is 2.33. The van der Waals surface area contributed by atoms with E-state index in [2.05, 4.69) is 24.5 Å². The molecule has 0 saturated heterocycles. The van der Waals surface area contributed by atoms with Crippen molar-refractivity contribution in [1.82, 2.24) is 10.6 Å². The molecule has 0 fully saturated rings. The summed E-state index contributed by atoms with van der Waals surface area (Å²) in [6.45, 7) is 6.49. The van der Waals surface area contributed by atoms with Gasteiger partial charge < -0.3 is 20.8 Å². The zero-order chi connectivity index (χ0) is 12.2. The second-order valence-electron chi connectivity index (χ2n) is 4.19. The first kappa shape index (κ1) is 15.8. The molecule has 0 saturated carbocycles. The fourth-order valence-electron chi connectivity index (χ4n) is 1.54. The second kappa shape index (κ2) is 11.3. The highest BCUT2D eigenvalue weighted by molar-refractivity contribution is 4.65. The summed E-state index contributed by atoms with van der Waals surface area (Å²) in [7, 11) is 0. The first-order chi connectivity index (χ1) is 7.78. The Morgan fingerprint density at radius 1 is 0.812 bits per heavy atom. The van der Waals surface area contributed by atoms with Gasteiger partial charge in [0.2, 0.25) is 0 Å². The molecule has 0 amide bonds. The number of rotatable bonds is 11. The normalized spacial score (nSPS) is 15.0. The van der Waals surface area contributed by atoms with Crippen LogP contribution in [0.4, 0.5) is 0 Å². The lowest BCUT2D eigenvalue weighted by Gasteiger charge is -2.15. The van der Waals surface area contributed by atoms with E-state index in [1.165, 1.54) is 0 Å². The lowest BCUT2D eigenvalue weighted by Crippen LogP contribution is -2.34. The summed E-state index contributed by atoms with van der Waals surface area (Å²) < 4.78 is 0. The van der Waals surface area contributed by atoms with Crippen molar-refractivity contribution in [1.29, 1.82) is 0 Å². The Balaban J connectivity index is 3.26. The average molecular weight is 232 g/mol. The van der Waals surface area contributed by atoms with Crippen molar-refractivity contribution in [2.75, 3.05) is 26.3 Å². The van der Waals surface area contributed by atoms with Gasteiger partial charge in [0.25, 0.3) is 0 Å². The molecule has 4 heteroatoms. The highest BCUT2D eigenvalue weighted by atomic mass is 16.3. The molecule has 0 bridgehead atoms. The summed E-state index contributed by atoms with van der Waals surface area (Å²) in [6.07, 6.45) is 4.14. The van der Waals surface area contributed by atoms with Crippen molar-refractivity contribution >= 4 is 0 Å². The number of hydrogen-bond donors (Lipinski definition) is 4. The molecular formula is C12H28N2O2. The smallest absolute Gasteiger partial charge is 0.0584 e. The van der Waals surface area contributed by atoms with E-state index in [0.717, 1.165) is 38.8 Å². The van der Waals surface area contributed by atoms with Gasteiger partial charge in [-0.15, -0.1) is 0 Å². The Morgan fingerprint density at radius 3 is 1.44 bits per heavy atom. The maximum atomic E-state index is 8.96. The number of aliphatic hydroxyl groups is 2. The van der Waals surface area contributed by atoms with Gasteiger partial charge in [0, 0.05) is 12.1 Å². The third-order valence-corrected chi connectivity index (χ3v) is 2.90. The van der Waals surface area contributed by atoms with Gasteiger partial charge in [-0.1, -0.05) is 13.8 Å². The van der Waals surface area contributed by atoms with E-state index < -0.39 is 0 Å². The molecule has 0 aromatic heterocycles. The van der Waals surface area contributed by atoms with Crippen molar-refractivity contribution in [3.8, 4) is 0 Å². The molecule has 2 unspecified atom stereocenters. The first-order valence-corrected chi connectivity index (χ1v) is 6.46. The monoisotopic (exact) mass is 232 g/mol. The molecule has 0 aliphatic heterocycles. The van der Waals surface area contributed by atoms with E-state index in [-0.39, 0.29) is 25.3 Å². The molecule has 4 nitrogen and oxygen atoms in total. The zero-order valence-electron chi connectivity index (χ0n) is 10.7. The topological polar surface area (TPSA) is 64.5 Å². The maximum absolute atomic E-state index is 8.96. The minimum Gasteiger partial charge on any atom is -0.395 e. The van der Waals surface area contributed by atoms with Crippen LogP contribution in [0.2, 0.25) is 0 Å². The Labute approximate surface area is 99.4 Å². The van der Waals surface area contributed by atoms with Crippen LogP contribution in [0.25, 0.3) is 0 Å². The summed E-state index contributed by atoms with van der Waals surface area (Å²) >= 11 is 0. The number of aliphatic hydroxyl groups excluding tert-OH is 2. The predicted molar refractivity (Wildman–Crippen MR) is 67.6 cm³/mol. The van der Waals surface area contributed by atoms with Crippen molar-refractivity contribution < 1.29 is 10.2 Å². The van der Waals surface area contributed by atoms with Crippen LogP contribution in [0.5, 0.6) is 0 Å². The molecular weight excluding hydrogens is 204 g/mol. The Morgan fingerprint density at radius 2 is 1.19 bits per heavy atom. The molecule has 0 spiro atoms. The molecule has 4 N–H and O–H groups in total. The Bertz CT molecular complexity index is 121. The molecule has 0 rings (SSSR count). The minimum atomic E-state index is 0.219. The number of unbranched alkanes of at least 4 members (excludes halogenated alkanes) is 1. The van der Waals surface area contributed by atoms with Gasteiger partial charge in [0.05, 0.1) is 13.2 Å². The van der Waals surface area contributed by atoms with Gasteiger partial charge in [-0.2, -0.15) is 0 Å². The van der Waals surface area contributed by atoms with Crippen LogP contribution in [0.15, 0.2) is 0 Å². The highest BCUT2D eigenvalue weighted by Crippen LogP contribution is 1.93. The molecule has 0 heterocycles. The Hall–Kier alpha value is -0.160. The van der Waals surface area contributed by atoms with Gasteiger partial charge in [0.15, 0.2) is 0 Å². The third-order valence-electron chi connectivity index (χ3n) is 2.90. The van der Waals surface area contributed by atoms with E-state index in [0.29, 0.717) is 0 Å². The molecule has 0 radical (unpaired) electrons. The number of nitrogens with one attached hydrogen (secondary N) is 2. The van der Waals surface area contributed by atoms with Crippen LogP contribution in [-0.4, -0.2) is 48.6 Å². The minimum absolute atomic E-state index is 0.219. The summed E-state index contributed by atoms with van der Waals surface area (Å²) in [5.41, 5.74) is 0. The van der Waals surface area contributed by atoms with Gasteiger partial charge in [-0.25, -0.2) is 0 Å². The summed E-state index contributed by atoms with van der Waals surface area (Å²) in [5, 5.41) is 24.5. The van der Waals surface area contributed by atoms with Gasteiger partial charge in [-0.05, 0) is 38.8 Å². The molecule has 16 heavy (non-hydrogen) atoms. The lowest BCUT2D eigenvalue weighted by molar-refractivity contribution is 0.235. The molecule has 0 aromatic rings. The van der Waals surface area contributed by atoms with Crippen LogP contribution in [-0.2, 0) is 0 Å². The lowest BCUT2D eigenvalue weighted by atomic mass is 10.2. The summed E-state index contributed by atoms with van der Waals surface area (Å²) in [5.74, 6) is 0. The molecule has 0 aliphatic carbocycles.